The monoisotopic (exact) mass is 505 g/mol. The normalized spacial score (nSPS) is 13.0. The van der Waals surface area contributed by atoms with E-state index in [0.29, 0.717) is 6.42 Å². The zero-order chi connectivity index (χ0) is 26.4. The van der Waals surface area contributed by atoms with Crippen LogP contribution < -0.4 is 9.50 Å². The van der Waals surface area contributed by atoms with Gasteiger partial charge < -0.3 is 19.0 Å². The van der Waals surface area contributed by atoms with Crippen LogP contribution in [0.3, 0.4) is 0 Å². The topological polar surface area (TPSA) is 108 Å². The van der Waals surface area contributed by atoms with Crippen molar-refractivity contribution in [3.05, 3.63) is 59.7 Å². The van der Waals surface area contributed by atoms with Gasteiger partial charge in [0.25, 0.3) is 0 Å². The summed E-state index contributed by atoms with van der Waals surface area (Å²) in [4.78, 5) is 24.8. The summed E-state index contributed by atoms with van der Waals surface area (Å²) in [6, 6.07) is 12.2. The maximum atomic E-state index is 12.5. The molecule has 0 spiro atoms. The van der Waals surface area contributed by atoms with Gasteiger partial charge in [0.1, 0.15) is 21.8 Å². The molecule has 0 aliphatic carbocycles. The quantitative estimate of drug-likeness (QED) is 0.400. The van der Waals surface area contributed by atoms with Gasteiger partial charge in [-0.2, -0.15) is 8.42 Å². The van der Waals surface area contributed by atoms with Crippen LogP contribution in [0, 0.1) is 6.92 Å². The number of benzene rings is 2. The fourth-order valence-corrected chi connectivity index (χ4v) is 4.01. The summed E-state index contributed by atoms with van der Waals surface area (Å²) in [5, 5.41) is 2.73. The van der Waals surface area contributed by atoms with Gasteiger partial charge in [0, 0.05) is 6.04 Å². The van der Waals surface area contributed by atoms with Crippen molar-refractivity contribution in [1.82, 2.24) is 5.32 Å². The summed E-state index contributed by atoms with van der Waals surface area (Å²) in [6.07, 6.45) is -0.407. The first-order valence-corrected chi connectivity index (χ1v) is 12.7. The smallest absolute Gasteiger partial charge is 0.407 e. The highest BCUT2D eigenvalue weighted by Crippen LogP contribution is 2.21. The Morgan fingerprint density at radius 2 is 1.40 bits per heavy atom. The van der Waals surface area contributed by atoms with E-state index >= 15 is 0 Å². The molecule has 0 heterocycles. The Morgan fingerprint density at radius 1 is 0.857 bits per heavy atom. The van der Waals surface area contributed by atoms with Crippen molar-refractivity contribution in [2.24, 2.45) is 0 Å². The lowest BCUT2D eigenvalue weighted by atomic mass is 10.0. The van der Waals surface area contributed by atoms with Gasteiger partial charge in [-0.05, 0) is 84.7 Å². The van der Waals surface area contributed by atoms with E-state index in [1.807, 2.05) is 6.92 Å². The minimum absolute atomic E-state index is 0.0590. The largest absolute Gasteiger partial charge is 0.460 e. The highest BCUT2D eigenvalue weighted by Gasteiger charge is 2.25. The van der Waals surface area contributed by atoms with Crippen LogP contribution in [0.5, 0.6) is 5.75 Å². The lowest BCUT2D eigenvalue weighted by Crippen LogP contribution is -2.42. The standard InChI is InChI=1S/C26H35NO7S/c1-18-8-14-22(15-9-18)35(30,31)34-21-12-10-19(11-13-21)16-20(17-23(28)32-25(2,3)4)27-24(29)33-26(5,6)7/h8-15,20H,16-17H2,1-7H3,(H,27,29). The number of amides is 1. The number of rotatable bonds is 8. The third-order valence-electron chi connectivity index (χ3n) is 4.47. The Bertz CT molecular complexity index is 1080. The summed E-state index contributed by atoms with van der Waals surface area (Å²) >= 11 is 0. The zero-order valence-corrected chi connectivity index (χ0v) is 22.2. The predicted octanol–water partition coefficient (Wildman–Crippen LogP) is 4.93. The molecule has 0 saturated carbocycles. The molecule has 0 aliphatic rings. The van der Waals surface area contributed by atoms with Crippen LogP contribution in [-0.4, -0.2) is 37.7 Å². The van der Waals surface area contributed by atoms with Crippen LogP contribution in [0.25, 0.3) is 0 Å². The van der Waals surface area contributed by atoms with Gasteiger partial charge in [-0.1, -0.05) is 29.8 Å². The van der Waals surface area contributed by atoms with E-state index in [4.69, 9.17) is 13.7 Å². The number of carbonyl (C=O) groups excluding carboxylic acids is 2. The van der Waals surface area contributed by atoms with Crippen molar-refractivity contribution in [1.29, 1.82) is 0 Å². The molecule has 0 radical (unpaired) electrons. The van der Waals surface area contributed by atoms with Gasteiger partial charge in [0.15, 0.2) is 0 Å². The highest BCUT2D eigenvalue weighted by atomic mass is 32.2. The van der Waals surface area contributed by atoms with Crippen molar-refractivity contribution in [3.8, 4) is 5.75 Å². The summed E-state index contributed by atoms with van der Waals surface area (Å²) < 4.78 is 41.0. The summed E-state index contributed by atoms with van der Waals surface area (Å²) in [7, 11) is -3.97. The van der Waals surface area contributed by atoms with E-state index in [1.165, 1.54) is 24.3 Å². The first-order valence-electron chi connectivity index (χ1n) is 11.3. The Hall–Kier alpha value is -3.07. The SMILES string of the molecule is Cc1ccc(S(=O)(=O)Oc2ccc(CC(CC(=O)OC(C)(C)C)NC(=O)OC(C)(C)C)cc2)cc1. The minimum atomic E-state index is -3.97. The van der Waals surface area contributed by atoms with E-state index in [9.17, 15) is 18.0 Å². The van der Waals surface area contributed by atoms with Crippen LogP contribution in [0.1, 0.15) is 59.1 Å². The fourth-order valence-electron chi connectivity index (χ4n) is 3.08. The van der Waals surface area contributed by atoms with Crippen LogP contribution in [0.15, 0.2) is 53.4 Å². The maximum absolute atomic E-state index is 12.5. The first-order chi connectivity index (χ1) is 16.0. The molecule has 0 saturated heterocycles. The summed E-state index contributed by atoms with van der Waals surface area (Å²) in [6.45, 7) is 12.4. The van der Waals surface area contributed by atoms with Gasteiger partial charge in [0.05, 0.1) is 6.42 Å². The highest BCUT2D eigenvalue weighted by molar-refractivity contribution is 7.87. The molecule has 2 rings (SSSR count). The average molecular weight is 506 g/mol. The number of ether oxygens (including phenoxy) is 2. The molecule has 0 bridgehead atoms. The molecule has 2 aromatic carbocycles. The molecule has 0 aromatic heterocycles. The molecule has 8 nitrogen and oxygen atoms in total. The molecule has 0 fully saturated rings. The van der Waals surface area contributed by atoms with Crippen LogP contribution >= 0.6 is 0 Å². The van der Waals surface area contributed by atoms with Gasteiger partial charge in [-0.25, -0.2) is 4.79 Å². The van der Waals surface area contributed by atoms with Gasteiger partial charge >= 0.3 is 22.2 Å². The van der Waals surface area contributed by atoms with Crippen molar-refractivity contribution >= 4 is 22.2 Å². The molecule has 9 heteroatoms. The van der Waals surface area contributed by atoms with Gasteiger partial charge in [-0.3, -0.25) is 4.79 Å². The van der Waals surface area contributed by atoms with E-state index in [0.717, 1.165) is 11.1 Å². The molecule has 1 N–H and O–H groups in total. The predicted molar refractivity (Wildman–Crippen MR) is 133 cm³/mol. The third kappa shape index (κ3) is 10.4. The Kier molecular flexibility index (Phi) is 8.94. The number of carbonyl (C=O) groups is 2. The Labute approximate surface area is 208 Å². The maximum Gasteiger partial charge on any atom is 0.407 e. The van der Waals surface area contributed by atoms with Crippen molar-refractivity contribution < 1.29 is 31.7 Å². The number of alkyl carbamates (subject to hydrolysis) is 1. The Morgan fingerprint density at radius 3 is 1.91 bits per heavy atom. The molecule has 1 unspecified atom stereocenters. The average Bonchev–Trinajstić information content (AvgIpc) is 2.66. The van der Waals surface area contributed by atoms with Crippen molar-refractivity contribution in [3.63, 3.8) is 0 Å². The van der Waals surface area contributed by atoms with E-state index in [-0.39, 0.29) is 17.1 Å². The lowest BCUT2D eigenvalue weighted by Gasteiger charge is -2.25. The van der Waals surface area contributed by atoms with E-state index < -0.39 is 39.4 Å². The molecule has 35 heavy (non-hydrogen) atoms. The van der Waals surface area contributed by atoms with E-state index in [2.05, 4.69) is 5.32 Å². The van der Waals surface area contributed by atoms with Crippen molar-refractivity contribution in [2.75, 3.05) is 0 Å². The molecular formula is C26H35NO7S. The van der Waals surface area contributed by atoms with Gasteiger partial charge in [-0.15, -0.1) is 0 Å². The van der Waals surface area contributed by atoms with E-state index in [1.54, 1.807) is 65.8 Å². The van der Waals surface area contributed by atoms with Gasteiger partial charge in [0.2, 0.25) is 0 Å². The summed E-state index contributed by atoms with van der Waals surface area (Å²) in [5.74, 6) is -0.305. The molecule has 2 aromatic rings. The number of hydrogen-bond donors (Lipinski definition) is 1. The molecule has 0 aliphatic heterocycles. The van der Waals surface area contributed by atoms with Crippen LogP contribution in [0.4, 0.5) is 4.79 Å². The summed E-state index contributed by atoms with van der Waals surface area (Å²) in [5.41, 5.74) is 0.349. The zero-order valence-electron chi connectivity index (χ0n) is 21.4. The second-order valence-corrected chi connectivity index (χ2v) is 11.9. The number of esters is 1. The van der Waals surface area contributed by atoms with Crippen LogP contribution in [-0.2, 0) is 30.8 Å². The number of aryl methyl sites for hydroxylation is 1. The molecule has 1 atom stereocenters. The third-order valence-corrected chi connectivity index (χ3v) is 5.74. The van der Waals surface area contributed by atoms with Crippen molar-refractivity contribution in [2.45, 2.75) is 83.4 Å². The number of hydrogen-bond acceptors (Lipinski definition) is 7. The Balaban J connectivity index is 2.12. The van der Waals surface area contributed by atoms with Crippen LogP contribution in [0.2, 0.25) is 0 Å². The first kappa shape index (κ1) is 28.2. The molecule has 192 valence electrons. The number of nitrogens with one attached hydrogen (secondary N) is 1. The lowest BCUT2D eigenvalue weighted by molar-refractivity contribution is -0.155. The second-order valence-electron chi connectivity index (χ2n) is 10.3. The second kappa shape index (κ2) is 11.1. The fraction of sp³-hybridized carbons (Fsp3) is 0.462. The minimum Gasteiger partial charge on any atom is -0.460 e. The molecule has 1 amide bonds. The molecular weight excluding hydrogens is 470 g/mol.